The van der Waals surface area contributed by atoms with Crippen LogP contribution in [0.5, 0.6) is 0 Å². The molecule has 0 spiro atoms. The maximum Gasteiger partial charge on any atom is 0.345 e. The molecule has 0 aliphatic rings. The standard InChI is InChI=1S/C14H21NO4S/c1-9(2)6-7-14(3,19)8-15-12(16)10-4-5-11(20-10)13(17)18/h4-5,9,19H,6-8H2,1-3H3,(H,15,16)(H,17,18). The molecule has 0 radical (unpaired) electrons. The molecule has 0 saturated carbocycles. The lowest BCUT2D eigenvalue weighted by Crippen LogP contribution is -2.40. The smallest absolute Gasteiger partial charge is 0.345 e. The van der Waals surface area contributed by atoms with E-state index in [9.17, 15) is 14.7 Å². The molecular weight excluding hydrogens is 278 g/mol. The van der Waals surface area contributed by atoms with Crippen molar-refractivity contribution in [2.24, 2.45) is 5.92 Å². The number of hydrogen-bond acceptors (Lipinski definition) is 4. The Kier molecular flexibility index (Phi) is 5.71. The van der Waals surface area contributed by atoms with Crippen LogP contribution in [0.2, 0.25) is 0 Å². The number of carboxylic acids is 1. The summed E-state index contributed by atoms with van der Waals surface area (Å²) < 4.78 is 0. The molecule has 0 saturated heterocycles. The number of hydrogen-bond donors (Lipinski definition) is 3. The van der Waals surface area contributed by atoms with E-state index in [0.29, 0.717) is 17.2 Å². The minimum atomic E-state index is -1.04. The predicted octanol–water partition coefficient (Wildman–Crippen LogP) is 2.36. The van der Waals surface area contributed by atoms with Gasteiger partial charge in [-0.3, -0.25) is 4.79 Å². The van der Waals surface area contributed by atoms with Gasteiger partial charge in [-0.25, -0.2) is 4.79 Å². The minimum absolute atomic E-state index is 0.127. The Balaban J connectivity index is 2.51. The van der Waals surface area contributed by atoms with E-state index in [1.165, 1.54) is 12.1 Å². The summed E-state index contributed by atoms with van der Waals surface area (Å²) in [7, 11) is 0. The van der Waals surface area contributed by atoms with Crippen LogP contribution in [-0.2, 0) is 0 Å². The third kappa shape index (κ3) is 5.30. The molecule has 6 heteroatoms. The fourth-order valence-electron chi connectivity index (χ4n) is 1.62. The van der Waals surface area contributed by atoms with E-state index in [0.717, 1.165) is 17.8 Å². The topological polar surface area (TPSA) is 86.6 Å². The number of thiophene rings is 1. The van der Waals surface area contributed by atoms with Crippen LogP contribution in [0.3, 0.4) is 0 Å². The molecule has 20 heavy (non-hydrogen) atoms. The number of rotatable bonds is 7. The Morgan fingerprint density at radius 3 is 2.45 bits per heavy atom. The molecule has 5 nitrogen and oxygen atoms in total. The maximum atomic E-state index is 11.9. The molecule has 0 aliphatic heterocycles. The van der Waals surface area contributed by atoms with Gasteiger partial charge in [-0.2, -0.15) is 0 Å². The van der Waals surface area contributed by atoms with Gasteiger partial charge in [0.15, 0.2) is 0 Å². The number of aromatic carboxylic acids is 1. The SMILES string of the molecule is CC(C)CCC(C)(O)CNC(=O)c1ccc(C(=O)O)s1. The van der Waals surface area contributed by atoms with Crippen molar-refractivity contribution in [1.82, 2.24) is 5.32 Å². The molecule has 112 valence electrons. The zero-order valence-electron chi connectivity index (χ0n) is 12.0. The third-order valence-electron chi connectivity index (χ3n) is 2.93. The highest BCUT2D eigenvalue weighted by Crippen LogP contribution is 2.18. The molecule has 1 unspecified atom stereocenters. The highest BCUT2D eigenvalue weighted by Gasteiger charge is 2.22. The van der Waals surface area contributed by atoms with E-state index < -0.39 is 11.6 Å². The minimum Gasteiger partial charge on any atom is -0.477 e. The van der Waals surface area contributed by atoms with Gasteiger partial charge in [0.2, 0.25) is 0 Å². The lowest BCUT2D eigenvalue weighted by molar-refractivity contribution is 0.0430. The van der Waals surface area contributed by atoms with E-state index in [-0.39, 0.29) is 17.3 Å². The van der Waals surface area contributed by atoms with Crippen LogP contribution in [0.1, 0.15) is 53.0 Å². The monoisotopic (exact) mass is 299 g/mol. The first-order valence-electron chi connectivity index (χ1n) is 6.55. The molecule has 1 rings (SSSR count). The molecule has 0 aromatic carbocycles. The van der Waals surface area contributed by atoms with E-state index in [4.69, 9.17) is 5.11 Å². The summed E-state index contributed by atoms with van der Waals surface area (Å²) in [6, 6.07) is 2.88. The first kappa shape index (κ1) is 16.7. The van der Waals surface area contributed by atoms with E-state index >= 15 is 0 Å². The molecule has 0 fully saturated rings. The van der Waals surface area contributed by atoms with Crippen molar-refractivity contribution in [3.05, 3.63) is 21.9 Å². The van der Waals surface area contributed by atoms with Crippen molar-refractivity contribution in [3.8, 4) is 0 Å². The highest BCUT2D eigenvalue weighted by atomic mass is 32.1. The summed E-state index contributed by atoms with van der Waals surface area (Å²) in [5, 5.41) is 21.6. The Morgan fingerprint density at radius 2 is 1.95 bits per heavy atom. The second kappa shape index (κ2) is 6.85. The van der Waals surface area contributed by atoms with E-state index in [1.54, 1.807) is 6.92 Å². The fourth-order valence-corrected chi connectivity index (χ4v) is 2.38. The van der Waals surface area contributed by atoms with Crippen LogP contribution >= 0.6 is 11.3 Å². The van der Waals surface area contributed by atoms with Crippen molar-refractivity contribution >= 4 is 23.2 Å². The number of carboxylic acid groups (broad SMARTS) is 1. The maximum absolute atomic E-state index is 11.9. The van der Waals surface area contributed by atoms with E-state index in [1.807, 2.05) is 0 Å². The van der Waals surface area contributed by atoms with Gasteiger partial charge in [-0.1, -0.05) is 13.8 Å². The normalized spacial score (nSPS) is 14.1. The molecule has 0 aliphatic carbocycles. The quantitative estimate of drug-likeness (QED) is 0.721. The average Bonchev–Trinajstić information content (AvgIpc) is 2.83. The summed E-state index contributed by atoms with van der Waals surface area (Å²) in [6.07, 6.45) is 1.49. The van der Waals surface area contributed by atoms with Gasteiger partial charge in [-0.15, -0.1) is 11.3 Å². The number of nitrogens with one attached hydrogen (secondary N) is 1. The second-order valence-electron chi connectivity index (χ2n) is 5.58. The fraction of sp³-hybridized carbons (Fsp3) is 0.571. The molecular formula is C14H21NO4S. The van der Waals surface area contributed by atoms with Gasteiger partial charge < -0.3 is 15.5 Å². The number of amides is 1. The van der Waals surface area contributed by atoms with Gasteiger partial charge >= 0.3 is 5.97 Å². The lowest BCUT2D eigenvalue weighted by Gasteiger charge is -2.24. The molecule has 1 aromatic rings. The molecule has 1 aromatic heterocycles. The van der Waals surface area contributed by atoms with Gasteiger partial charge in [0, 0.05) is 6.54 Å². The van der Waals surface area contributed by atoms with E-state index in [2.05, 4.69) is 19.2 Å². The summed E-state index contributed by atoms with van der Waals surface area (Å²) in [6.45, 7) is 5.99. The van der Waals surface area contributed by atoms with Crippen LogP contribution in [-0.4, -0.2) is 34.2 Å². The Hall–Kier alpha value is -1.40. The first-order chi connectivity index (χ1) is 9.21. The van der Waals surface area contributed by atoms with Crippen LogP contribution in [0.25, 0.3) is 0 Å². The van der Waals surface area contributed by atoms with Gasteiger partial charge in [0.1, 0.15) is 4.88 Å². The first-order valence-corrected chi connectivity index (χ1v) is 7.36. The van der Waals surface area contributed by atoms with Crippen molar-refractivity contribution in [2.75, 3.05) is 6.54 Å². The van der Waals surface area contributed by atoms with Crippen LogP contribution in [0.4, 0.5) is 0 Å². The predicted molar refractivity (Wildman–Crippen MR) is 78.3 cm³/mol. The van der Waals surface area contributed by atoms with Crippen molar-refractivity contribution in [3.63, 3.8) is 0 Å². The third-order valence-corrected chi connectivity index (χ3v) is 4.00. The number of carbonyl (C=O) groups is 2. The Labute approximate surface area is 122 Å². The zero-order chi connectivity index (χ0) is 15.3. The highest BCUT2D eigenvalue weighted by molar-refractivity contribution is 7.15. The summed E-state index contributed by atoms with van der Waals surface area (Å²) >= 11 is 0.925. The van der Waals surface area contributed by atoms with Crippen molar-refractivity contribution in [1.29, 1.82) is 0 Å². The van der Waals surface area contributed by atoms with Gasteiger partial charge in [-0.05, 0) is 37.8 Å². The Bertz CT molecular complexity index is 479. The van der Waals surface area contributed by atoms with Crippen molar-refractivity contribution in [2.45, 2.75) is 39.2 Å². The van der Waals surface area contributed by atoms with Gasteiger partial charge in [0.05, 0.1) is 10.5 Å². The van der Waals surface area contributed by atoms with Crippen LogP contribution in [0.15, 0.2) is 12.1 Å². The molecule has 0 bridgehead atoms. The second-order valence-corrected chi connectivity index (χ2v) is 6.66. The van der Waals surface area contributed by atoms with Gasteiger partial charge in [0.25, 0.3) is 5.91 Å². The summed E-state index contributed by atoms with van der Waals surface area (Å²) in [5.74, 6) is -0.905. The molecule has 1 atom stereocenters. The molecule has 1 heterocycles. The lowest BCUT2D eigenvalue weighted by atomic mass is 9.95. The average molecular weight is 299 g/mol. The zero-order valence-corrected chi connectivity index (χ0v) is 12.8. The summed E-state index contributed by atoms with van der Waals surface area (Å²) in [5.41, 5.74) is -0.952. The summed E-state index contributed by atoms with van der Waals surface area (Å²) in [4.78, 5) is 23.1. The van der Waals surface area contributed by atoms with Crippen molar-refractivity contribution < 1.29 is 19.8 Å². The number of carbonyl (C=O) groups excluding carboxylic acids is 1. The molecule has 3 N–H and O–H groups in total. The van der Waals surface area contributed by atoms with Crippen LogP contribution in [0, 0.1) is 5.92 Å². The Morgan fingerprint density at radius 1 is 1.35 bits per heavy atom. The number of aliphatic hydroxyl groups is 1. The van der Waals surface area contributed by atoms with Crippen LogP contribution < -0.4 is 5.32 Å². The largest absolute Gasteiger partial charge is 0.477 e. The molecule has 1 amide bonds.